The minimum absolute atomic E-state index is 0.118. The van der Waals surface area contributed by atoms with Crippen LogP contribution < -0.4 is 20.5 Å². The standard InChI is InChI=1S/C32H33F2N5O5/c1-3-44-30-18(14-27(35)40)13-26(37-29(30)17-4-9-23(33)24(34)11-17)32(42,21-5-6-21)16-36-31(41)19-10-20-15-39(22-7-8-22)38-28(20)25(12-19)43-2/h4,9-13,15,21-22,42H,3,5-8,14,16H2,1-2H3,(H2,35,40)(H,36,41)/t32-/m1/s1. The van der Waals surface area contributed by atoms with E-state index >= 15 is 0 Å². The third-order valence-corrected chi connectivity index (χ3v) is 8.11. The lowest BCUT2D eigenvalue weighted by Crippen LogP contribution is -2.43. The lowest BCUT2D eigenvalue weighted by molar-refractivity contribution is -0.117. The topological polar surface area (TPSA) is 142 Å². The molecule has 1 atom stereocenters. The molecule has 2 aromatic heterocycles. The van der Waals surface area contributed by atoms with Crippen LogP contribution in [0.4, 0.5) is 8.78 Å². The molecule has 6 rings (SSSR count). The van der Waals surface area contributed by atoms with Gasteiger partial charge >= 0.3 is 0 Å². The number of rotatable bonds is 12. The molecular formula is C32H33F2N5O5. The van der Waals surface area contributed by atoms with Crippen LogP contribution >= 0.6 is 0 Å². The molecule has 12 heteroatoms. The largest absolute Gasteiger partial charge is 0.494 e. The first-order chi connectivity index (χ1) is 21.1. The first-order valence-corrected chi connectivity index (χ1v) is 14.6. The van der Waals surface area contributed by atoms with E-state index in [4.69, 9.17) is 15.2 Å². The van der Waals surface area contributed by atoms with Crippen LogP contribution in [0.25, 0.3) is 22.2 Å². The number of carbonyl (C=O) groups excluding carboxylic acids is 2. The van der Waals surface area contributed by atoms with Crippen LogP contribution in [0.15, 0.2) is 42.6 Å². The molecule has 2 aliphatic rings. The average Bonchev–Trinajstić information content (AvgIpc) is 3.94. The number of pyridine rings is 1. The summed E-state index contributed by atoms with van der Waals surface area (Å²) in [7, 11) is 1.52. The predicted octanol–water partition coefficient (Wildman–Crippen LogP) is 4.17. The molecule has 2 amide bonds. The highest BCUT2D eigenvalue weighted by molar-refractivity contribution is 6.00. The van der Waals surface area contributed by atoms with Crippen molar-refractivity contribution in [3.05, 3.63) is 71.1 Å². The monoisotopic (exact) mass is 605 g/mol. The zero-order valence-electron chi connectivity index (χ0n) is 24.4. The minimum Gasteiger partial charge on any atom is -0.494 e. The van der Waals surface area contributed by atoms with Crippen molar-refractivity contribution in [3.8, 4) is 22.8 Å². The number of methoxy groups -OCH3 is 1. The molecule has 4 N–H and O–H groups in total. The Bertz CT molecular complexity index is 1770. The zero-order chi connectivity index (χ0) is 31.2. The number of halogens is 2. The Morgan fingerprint density at radius 3 is 2.55 bits per heavy atom. The van der Waals surface area contributed by atoms with Crippen LogP contribution in [0, 0.1) is 17.6 Å². The number of aromatic nitrogens is 3. The second-order valence-electron chi connectivity index (χ2n) is 11.4. The van der Waals surface area contributed by atoms with E-state index < -0.39 is 29.0 Å². The molecule has 0 unspecified atom stereocenters. The number of nitrogens with one attached hydrogen (secondary N) is 1. The summed E-state index contributed by atoms with van der Waals surface area (Å²) >= 11 is 0. The first-order valence-electron chi connectivity index (χ1n) is 14.6. The van der Waals surface area contributed by atoms with E-state index in [9.17, 15) is 23.5 Å². The second-order valence-corrected chi connectivity index (χ2v) is 11.4. The maximum Gasteiger partial charge on any atom is 0.251 e. The number of carbonyl (C=O) groups is 2. The molecule has 2 fully saturated rings. The molecule has 2 saturated carbocycles. The van der Waals surface area contributed by atoms with E-state index in [2.05, 4.69) is 15.4 Å². The number of nitrogens with two attached hydrogens (primary N) is 1. The lowest BCUT2D eigenvalue weighted by Gasteiger charge is -2.30. The fourth-order valence-corrected chi connectivity index (χ4v) is 5.53. The Balaban J connectivity index is 1.36. The normalized spacial score (nSPS) is 16.0. The van der Waals surface area contributed by atoms with Crippen LogP contribution in [0.3, 0.4) is 0 Å². The fraction of sp³-hybridized carbons (Fsp3) is 0.375. The van der Waals surface area contributed by atoms with E-state index in [0.717, 1.165) is 30.4 Å². The smallest absolute Gasteiger partial charge is 0.251 e. The summed E-state index contributed by atoms with van der Waals surface area (Å²) in [5.74, 6) is -2.83. The Labute approximate surface area is 252 Å². The SMILES string of the molecule is CCOc1c(CC(N)=O)cc([C@@](O)(CNC(=O)c2cc(OC)c3nn(C4CC4)cc3c2)C2CC2)nc1-c1ccc(F)c(F)c1. The molecule has 4 aromatic rings. The highest BCUT2D eigenvalue weighted by Gasteiger charge is 2.47. The number of benzene rings is 2. The number of ether oxygens (including phenoxy) is 2. The van der Waals surface area contributed by atoms with Crippen LogP contribution in [-0.4, -0.2) is 51.9 Å². The molecule has 230 valence electrons. The van der Waals surface area contributed by atoms with Crippen molar-refractivity contribution in [2.45, 2.75) is 50.7 Å². The number of amides is 2. The molecule has 0 radical (unpaired) electrons. The molecule has 2 aromatic carbocycles. The van der Waals surface area contributed by atoms with Crippen molar-refractivity contribution in [1.82, 2.24) is 20.1 Å². The molecule has 44 heavy (non-hydrogen) atoms. The minimum atomic E-state index is -1.65. The van der Waals surface area contributed by atoms with Gasteiger partial charge in [0.1, 0.15) is 28.3 Å². The van der Waals surface area contributed by atoms with Gasteiger partial charge < -0.3 is 25.6 Å². The molecule has 10 nitrogen and oxygen atoms in total. The van der Waals surface area contributed by atoms with Gasteiger partial charge in [-0.2, -0.15) is 5.10 Å². The van der Waals surface area contributed by atoms with Gasteiger partial charge in [0.2, 0.25) is 5.91 Å². The molecule has 0 spiro atoms. The quantitative estimate of drug-likeness (QED) is 0.220. The summed E-state index contributed by atoms with van der Waals surface area (Å²) < 4.78 is 41.3. The van der Waals surface area contributed by atoms with Crippen molar-refractivity contribution >= 4 is 22.7 Å². The Hall–Kier alpha value is -4.58. The maximum atomic E-state index is 14.3. The summed E-state index contributed by atoms with van der Waals surface area (Å²) in [6, 6.07) is 8.52. The molecule has 0 bridgehead atoms. The number of primary amides is 1. The van der Waals surface area contributed by atoms with Crippen LogP contribution in [0.2, 0.25) is 0 Å². The number of fused-ring (bicyclic) bond motifs is 1. The molecule has 0 saturated heterocycles. The van der Waals surface area contributed by atoms with Gasteiger partial charge in [-0.25, -0.2) is 13.8 Å². The summed E-state index contributed by atoms with van der Waals surface area (Å²) in [5, 5.41) is 20.3. The Morgan fingerprint density at radius 1 is 1.14 bits per heavy atom. The number of hydrogen-bond acceptors (Lipinski definition) is 7. The molecule has 2 aliphatic carbocycles. The van der Waals surface area contributed by atoms with E-state index in [0.29, 0.717) is 41.3 Å². The van der Waals surface area contributed by atoms with Gasteiger partial charge in [-0.05, 0) is 74.9 Å². The van der Waals surface area contributed by atoms with Gasteiger partial charge in [0.25, 0.3) is 5.91 Å². The van der Waals surface area contributed by atoms with E-state index in [1.165, 1.54) is 19.2 Å². The van der Waals surface area contributed by atoms with Crippen LogP contribution in [-0.2, 0) is 16.8 Å². The number of hydrogen-bond donors (Lipinski definition) is 3. The van der Waals surface area contributed by atoms with Crippen LogP contribution in [0.5, 0.6) is 11.5 Å². The highest BCUT2D eigenvalue weighted by atomic mass is 19.2. The van der Waals surface area contributed by atoms with Crippen molar-refractivity contribution < 1.29 is 33.0 Å². The van der Waals surface area contributed by atoms with Gasteiger partial charge in [0.15, 0.2) is 11.6 Å². The third-order valence-electron chi connectivity index (χ3n) is 8.11. The van der Waals surface area contributed by atoms with E-state index in [-0.39, 0.29) is 48.2 Å². The van der Waals surface area contributed by atoms with Gasteiger partial charge in [-0.1, -0.05) is 0 Å². The Morgan fingerprint density at radius 2 is 1.91 bits per heavy atom. The lowest BCUT2D eigenvalue weighted by atomic mass is 9.90. The summed E-state index contributed by atoms with van der Waals surface area (Å²) in [4.78, 5) is 30.2. The van der Waals surface area contributed by atoms with Crippen molar-refractivity contribution in [3.63, 3.8) is 0 Å². The first kappa shape index (κ1) is 29.5. The second kappa shape index (κ2) is 11.5. The molecular weight excluding hydrogens is 572 g/mol. The fourth-order valence-electron chi connectivity index (χ4n) is 5.53. The highest BCUT2D eigenvalue weighted by Crippen LogP contribution is 2.47. The van der Waals surface area contributed by atoms with Crippen molar-refractivity contribution in [2.24, 2.45) is 11.7 Å². The number of nitrogens with zero attached hydrogens (tertiary/aromatic N) is 3. The number of aliphatic hydroxyl groups is 1. The van der Waals surface area contributed by atoms with Gasteiger partial charge in [-0.3, -0.25) is 14.3 Å². The molecule has 0 aliphatic heterocycles. The van der Waals surface area contributed by atoms with E-state index in [1.54, 1.807) is 19.1 Å². The molecule has 2 heterocycles. The third kappa shape index (κ3) is 5.69. The van der Waals surface area contributed by atoms with E-state index in [1.807, 2.05) is 10.9 Å². The maximum absolute atomic E-state index is 14.3. The van der Waals surface area contributed by atoms with Crippen molar-refractivity contribution in [1.29, 1.82) is 0 Å². The van der Waals surface area contributed by atoms with Gasteiger partial charge in [0, 0.05) is 28.3 Å². The van der Waals surface area contributed by atoms with Crippen molar-refractivity contribution in [2.75, 3.05) is 20.3 Å². The summed E-state index contributed by atoms with van der Waals surface area (Å²) in [6.07, 6.45) is 5.11. The zero-order valence-corrected chi connectivity index (χ0v) is 24.4. The Kier molecular flexibility index (Phi) is 7.70. The van der Waals surface area contributed by atoms with Crippen LogP contribution in [0.1, 0.15) is 60.3 Å². The van der Waals surface area contributed by atoms with Gasteiger partial charge in [0.05, 0.1) is 38.4 Å². The predicted molar refractivity (Wildman–Crippen MR) is 157 cm³/mol. The summed E-state index contributed by atoms with van der Waals surface area (Å²) in [5.41, 5.74) is 5.68. The summed E-state index contributed by atoms with van der Waals surface area (Å²) in [6.45, 7) is 1.72. The van der Waals surface area contributed by atoms with Gasteiger partial charge in [-0.15, -0.1) is 0 Å². The average molecular weight is 606 g/mol.